The van der Waals surface area contributed by atoms with Crippen molar-refractivity contribution in [2.75, 3.05) is 20.2 Å². The van der Waals surface area contributed by atoms with Gasteiger partial charge >= 0.3 is 5.97 Å². The molecule has 6 nitrogen and oxygen atoms in total. The molecule has 7 fully saturated rings. The summed E-state index contributed by atoms with van der Waals surface area (Å²) in [5.74, 6) is 6.46. The van der Waals surface area contributed by atoms with Crippen LogP contribution in [0, 0.1) is 58.2 Å². The first-order valence-electron chi connectivity index (χ1n) is 20.7. The van der Waals surface area contributed by atoms with Crippen LogP contribution < -0.4 is 4.74 Å². The summed E-state index contributed by atoms with van der Waals surface area (Å²) >= 11 is 0. The summed E-state index contributed by atoms with van der Waals surface area (Å²) in [6.07, 6.45) is 17.5. The highest BCUT2D eigenvalue weighted by Crippen LogP contribution is 2.68. The van der Waals surface area contributed by atoms with Gasteiger partial charge in [-0.2, -0.15) is 0 Å². The van der Waals surface area contributed by atoms with Gasteiger partial charge in [0.25, 0.3) is 0 Å². The van der Waals surface area contributed by atoms with Gasteiger partial charge in [-0.05, 0) is 178 Å². The molecule has 4 heterocycles. The van der Waals surface area contributed by atoms with Crippen molar-refractivity contribution in [3.05, 3.63) is 48.2 Å². The zero-order valence-corrected chi connectivity index (χ0v) is 32.1. The Bertz CT molecular complexity index is 1620. The molecular weight excluding hydrogens is 633 g/mol. The van der Waals surface area contributed by atoms with Crippen LogP contribution in [0.15, 0.2) is 36.9 Å². The number of fused-ring (bicyclic) bond motifs is 9. The van der Waals surface area contributed by atoms with Crippen molar-refractivity contribution in [3.63, 3.8) is 0 Å². The van der Waals surface area contributed by atoms with Crippen LogP contribution in [-0.4, -0.2) is 53.3 Å². The van der Waals surface area contributed by atoms with Crippen molar-refractivity contribution in [2.45, 2.75) is 129 Å². The van der Waals surface area contributed by atoms with Gasteiger partial charge in [0.2, 0.25) is 0 Å². The fourth-order valence-corrected chi connectivity index (χ4v) is 13.8. The molecule has 278 valence electrons. The molecule has 1 aromatic heterocycles. The predicted octanol–water partition coefficient (Wildman–Crippen LogP) is 9.33. The molecule has 3 saturated heterocycles. The topological polar surface area (TPSA) is 71.9 Å². The van der Waals surface area contributed by atoms with Gasteiger partial charge in [-0.3, -0.25) is 14.7 Å². The molecule has 51 heavy (non-hydrogen) atoms. The molecule has 4 saturated carbocycles. The molecule has 6 heteroatoms. The molecule has 1 unspecified atom stereocenters. The van der Waals surface area contributed by atoms with E-state index in [9.17, 15) is 9.90 Å². The van der Waals surface area contributed by atoms with E-state index in [1.165, 1.54) is 51.4 Å². The number of methoxy groups -OCH3 is 1. The van der Waals surface area contributed by atoms with Crippen molar-refractivity contribution in [1.29, 1.82) is 0 Å². The van der Waals surface area contributed by atoms with E-state index in [0.717, 1.165) is 96.8 Å². The third kappa shape index (κ3) is 6.16. The Balaban J connectivity index is 0.972. The molecule has 3 aliphatic heterocycles. The summed E-state index contributed by atoms with van der Waals surface area (Å²) < 4.78 is 11.4. The molecular formula is C45H64N2O4. The van der Waals surface area contributed by atoms with Crippen LogP contribution in [0.3, 0.4) is 0 Å². The van der Waals surface area contributed by atoms with E-state index in [2.05, 4.69) is 56.5 Å². The first-order valence-corrected chi connectivity index (χ1v) is 20.7. The highest BCUT2D eigenvalue weighted by Gasteiger charge is 2.60. The minimum Gasteiger partial charge on any atom is -0.497 e. The van der Waals surface area contributed by atoms with E-state index >= 15 is 0 Å². The van der Waals surface area contributed by atoms with Gasteiger partial charge < -0.3 is 14.6 Å². The number of hydrogen-bond donors (Lipinski definition) is 1. The Morgan fingerprint density at radius 1 is 1.06 bits per heavy atom. The van der Waals surface area contributed by atoms with Gasteiger partial charge in [0.05, 0.1) is 18.7 Å². The SMILES string of the molecule is C=C[C@H]1CN2CC[C@H]1C[C@H]2[C@@H](O)c1cc(CC[C@@H](C)[C@H]2CC[C@H]3[C@@H]4CC[C@@H]5C[C@H](OC(C)=O)CC[C@]5(C)[C@H]4CC[C@]23C)nc2ccc(OC)cc12. The summed E-state index contributed by atoms with van der Waals surface area (Å²) in [5, 5.41) is 13.1. The van der Waals surface area contributed by atoms with Crippen LogP contribution in [0.1, 0.15) is 122 Å². The van der Waals surface area contributed by atoms with Crippen LogP contribution in [0.25, 0.3) is 10.9 Å². The van der Waals surface area contributed by atoms with E-state index in [1.807, 2.05) is 6.07 Å². The van der Waals surface area contributed by atoms with Crippen LogP contribution in [0.2, 0.25) is 0 Å². The van der Waals surface area contributed by atoms with E-state index in [1.54, 1.807) is 14.0 Å². The average molecular weight is 697 g/mol. The van der Waals surface area contributed by atoms with Crippen LogP contribution in [-0.2, 0) is 16.0 Å². The lowest BCUT2D eigenvalue weighted by Crippen LogP contribution is -2.54. The molecule has 9 rings (SSSR count). The lowest BCUT2D eigenvalue weighted by molar-refractivity contribution is -0.160. The zero-order chi connectivity index (χ0) is 35.7. The van der Waals surface area contributed by atoms with Crippen LogP contribution >= 0.6 is 0 Å². The number of esters is 1. The molecule has 0 spiro atoms. The van der Waals surface area contributed by atoms with Gasteiger partial charge in [0.15, 0.2) is 0 Å². The number of aryl methyl sites for hydroxylation is 1. The Hall–Kier alpha value is -2.44. The summed E-state index contributed by atoms with van der Waals surface area (Å²) in [5.41, 5.74) is 3.93. The molecule has 2 bridgehead atoms. The fourth-order valence-electron chi connectivity index (χ4n) is 13.8. The quantitative estimate of drug-likeness (QED) is 0.208. The van der Waals surface area contributed by atoms with Gasteiger partial charge in [0, 0.05) is 30.6 Å². The second kappa shape index (κ2) is 13.8. The molecule has 4 aliphatic carbocycles. The van der Waals surface area contributed by atoms with Gasteiger partial charge in [-0.1, -0.05) is 26.8 Å². The zero-order valence-electron chi connectivity index (χ0n) is 32.1. The molecule has 2 aromatic rings. The number of aliphatic hydroxyl groups is 1. The minimum absolute atomic E-state index is 0.113. The number of rotatable bonds is 9. The summed E-state index contributed by atoms with van der Waals surface area (Å²) in [4.78, 5) is 19.4. The van der Waals surface area contributed by atoms with E-state index in [4.69, 9.17) is 14.5 Å². The van der Waals surface area contributed by atoms with Crippen LogP contribution in [0.5, 0.6) is 5.75 Å². The first kappa shape index (κ1) is 35.6. The number of hydrogen-bond acceptors (Lipinski definition) is 6. The van der Waals surface area contributed by atoms with Crippen molar-refractivity contribution in [3.8, 4) is 5.75 Å². The number of ether oxygens (including phenoxy) is 2. The van der Waals surface area contributed by atoms with Crippen molar-refractivity contribution in [2.24, 2.45) is 58.2 Å². The number of piperidine rings is 3. The number of benzene rings is 1. The molecule has 14 atom stereocenters. The van der Waals surface area contributed by atoms with E-state index in [-0.39, 0.29) is 18.1 Å². The fraction of sp³-hybridized carbons (Fsp3) is 0.733. The normalized spacial score (nSPS) is 41.2. The maximum atomic E-state index is 12.1. The predicted molar refractivity (Wildman–Crippen MR) is 203 cm³/mol. The van der Waals surface area contributed by atoms with E-state index in [0.29, 0.717) is 34.5 Å². The molecule has 0 radical (unpaired) electrons. The maximum Gasteiger partial charge on any atom is 0.302 e. The van der Waals surface area contributed by atoms with Crippen molar-refractivity contribution < 1.29 is 19.4 Å². The first-order chi connectivity index (χ1) is 24.5. The largest absolute Gasteiger partial charge is 0.497 e. The van der Waals surface area contributed by atoms with Gasteiger partial charge in [-0.25, -0.2) is 0 Å². The van der Waals surface area contributed by atoms with Crippen LogP contribution in [0.4, 0.5) is 0 Å². The second-order valence-electron chi connectivity index (χ2n) is 18.7. The average Bonchev–Trinajstić information content (AvgIpc) is 3.50. The summed E-state index contributed by atoms with van der Waals surface area (Å²) in [6.45, 7) is 15.6. The molecule has 0 amide bonds. The highest BCUT2D eigenvalue weighted by molar-refractivity contribution is 5.84. The summed E-state index contributed by atoms with van der Waals surface area (Å²) in [7, 11) is 1.71. The Morgan fingerprint density at radius 2 is 1.86 bits per heavy atom. The minimum atomic E-state index is -0.550. The van der Waals surface area contributed by atoms with Gasteiger partial charge in [0.1, 0.15) is 11.9 Å². The molecule has 1 N–H and O–H groups in total. The van der Waals surface area contributed by atoms with Crippen molar-refractivity contribution >= 4 is 16.9 Å². The number of pyridine rings is 1. The maximum absolute atomic E-state index is 12.1. The highest BCUT2D eigenvalue weighted by atomic mass is 16.5. The third-order valence-electron chi connectivity index (χ3n) is 16.5. The number of carbonyl (C=O) groups is 1. The number of nitrogens with zero attached hydrogens (tertiary/aromatic N) is 2. The summed E-state index contributed by atoms with van der Waals surface area (Å²) in [6, 6.07) is 8.54. The lowest BCUT2D eigenvalue weighted by atomic mass is 9.44. The monoisotopic (exact) mass is 696 g/mol. The number of carbonyl (C=O) groups excluding carboxylic acids is 1. The molecule has 1 aromatic carbocycles. The number of aromatic nitrogens is 1. The molecule has 7 aliphatic rings. The Kier molecular flexibility index (Phi) is 9.60. The smallest absolute Gasteiger partial charge is 0.302 e. The van der Waals surface area contributed by atoms with Gasteiger partial charge in [-0.15, -0.1) is 6.58 Å². The number of aliphatic hydroxyl groups excluding tert-OH is 1. The van der Waals surface area contributed by atoms with E-state index < -0.39 is 6.10 Å². The Labute approximate surface area is 307 Å². The standard InChI is InChI=1S/C45H64N2O4/c1-7-29-26-47-21-18-30(29)22-42(47)43(49)37-24-32(46-41-15-11-33(50-6)25-36(37)41)10-8-27(2)38-13-14-39-35-12-9-31-23-34(51-28(3)48)16-19-44(31,4)40(35)17-20-45(38,39)5/h7,11,15,24-25,27,29-31,34-35,38-40,42-43,49H,1,8-10,12-14,16-23,26H2,2-6H3/t27-,29+,30+,31-,34-,35+,38-,39+,40+,42+,43+,44+,45-/m1/s1. The Morgan fingerprint density at radius 3 is 2.61 bits per heavy atom. The van der Waals surface area contributed by atoms with Crippen molar-refractivity contribution in [1.82, 2.24) is 9.88 Å². The lowest BCUT2D eigenvalue weighted by Gasteiger charge is -2.61. The third-order valence-corrected chi connectivity index (χ3v) is 16.5. The second-order valence-corrected chi connectivity index (χ2v) is 18.7.